The molecule has 18 heteroatoms. The van der Waals surface area contributed by atoms with Crippen molar-refractivity contribution in [1.29, 1.82) is 0 Å². The average molecular weight is 782 g/mol. The number of carbonyl (C=O) groups excluding carboxylic acids is 3. The van der Waals surface area contributed by atoms with Gasteiger partial charge in [0.15, 0.2) is 0 Å². The number of hydrogen-bond acceptors (Lipinski definition) is 11. The predicted molar refractivity (Wildman–Crippen MR) is 187 cm³/mol. The lowest BCUT2D eigenvalue weighted by molar-refractivity contribution is -0.384. The van der Waals surface area contributed by atoms with Crippen molar-refractivity contribution in [2.24, 2.45) is 0 Å². The molecular formula is C33H43BrF2N8O7. The van der Waals surface area contributed by atoms with E-state index in [1.165, 1.54) is 36.5 Å². The molecule has 1 aromatic carbocycles. The molecule has 0 spiro atoms. The summed E-state index contributed by atoms with van der Waals surface area (Å²) < 4.78 is 41.7. The Kier molecular flexibility index (Phi) is 12.1. The van der Waals surface area contributed by atoms with Gasteiger partial charge in [-0.25, -0.2) is 8.78 Å². The maximum Gasteiger partial charge on any atom is 0.294 e. The van der Waals surface area contributed by atoms with Gasteiger partial charge in [-0.05, 0) is 38.8 Å². The Morgan fingerprint density at radius 2 is 1.86 bits per heavy atom. The van der Waals surface area contributed by atoms with Crippen molar-refractivity contribution in [3.63, 3.8) is 0 Å². The van der Waals surface area contributed by atoms with Crippen LogP contribution in [-0.2, 0) is 14.3 Å². The van der Waals surface area contributed by atoms with Crippen LogP contribution in [0.15, 0.2) is 35.1 Å². The molecule has 1 aromatic heterocycles. The Morgan fingerprint density at radius 1 is 1.14 bits per heavy atom. The van der Waals surface area contributed by atoms with E-state index in [-0.39, 0.29) is 61.5 Å². The number of nitrogens with zero attached hydrogens (tertiary/aromatic N) is 5. The van der Waals surface area contributed by atoms with Crippen molar-refractivity contribution >= 4 is 50.7 Å². The lowest BCUT2D eigenvalue weighted by atomic mass is 9.99. The second-order valence-electron chi connectivity index (χ2n) is 13.2. The van der Waals surface area contributed by atoms with E-state index in [4.69, 9.17) is 9.47 Å². The number of morpholine rings is 1. The van der Waals surface area contributed by atoms with Crippen LogP contribution in [0, 0.1) is 10.1 Å². The van der Waals surface area contributed by atoms with Gasteiger partial charge in [-0.1, -0.05) is 15.9 Å². The minimum Gasteiger partial charge on any atom is -0.387 e. The molecule has 5 atom stereocenters. The smallest absolute Gasteiger partial charge is 0.294 e. The van der Waals surface area contributed by atoms with Gasteiger partial charge in [0.05, 0.1) is 53.1 Å². The fourth-order valence-electron chi connectivity index (χ4n) is 6.92. The van der Waals surface area contributed by atoms with Crippen LogP contribution >= 0.6 is 15.9 Å². The molecule has 0 saturated carbocycles. The number of halogens is 3. The molecule has 0 radical (unpaired) electrons. The van der Waals surface area contributed by atoms with E-state index < -0.39 is 58.9 Å². The normalized spacial score (nSPS) is 25.0. The van der Waals surface area contributed by atoms with Gasteiger partial charge in [-0.2, -0.15) is 0 Å². The number of likely N-dealkylation sites (tertiary alicyclic amines) is 2. The van der Waals surface area contributed by atoms with Crippen molar-refractivity contribution in [3.8, 4) is 0 Å². The Labute approximate surface area is 302 Å². The van der Waals surface area contributed by atoms with E-state index >= 15 is 8.78 Å². The number of amides is 3. The third-order valence-electron chi connectivity index (χ3n) is 9.31. The van der Waals surface area contributed by atoms with Crippen LogP contribution in [0.4, 0.5) is 25.8 Å². The number of anilines is 2. The molecule has 3 aliphatic heterocycles. The predicted octanol–water partition coefficient (Wildman–Crippen LogP) is 3.21. The number of methoxy groups -OCH3 is 1. The lowest BCUT2D eigenvalue weighted by Crippen LogP contribution is -2.60. The van der Waals surface area contributed by atoms with Crippen LogP contribution in [0.5, 0.6) is 0 Å². The summed E-state index contributed by atoms with van der Waals surface area (Å²) in [7, 11) is 3.14. The molecule has 0 aliphatic carbocycles. The number of benzene rings is 1. The molecular weight excluding hydrogens is 738 g/mol. The molecule has 51 heavy (non-hydrogen) atoms. The van der Waals surface area contributed by atoms with Gasteiger partial charge in [-0.15, -0.1) is 0 Å². The molecule has 3 N–H and O–H groups in total. The lowest BCUT2D eigenvalue weighted by Gasteiger charge is -2.39. The molecule has 1 unspecified atom stereocenters. The van der Waals surface area contributed by atoms with E-state index in [2.05, 4.69) is 36.9 Å². The molecule has 3 amide bonds. The first-order valence-corrected chi connectivity index (χ1v) is 17.5. The first-order chi connectivity index (χ1) is 24.2. The molecule has 5 rings (SSSR count). The molecule has 278 valence electrons. The number of aromatic nitrogens is 1. The number of alkyl halides is 2. The number of carbonyl (C=O) groups is 3. The van der Waals surface area contributed by atoms with Gasteiger partial charge >= 0.3 is 0 Å². The number of nitrogens with one attached hydrogen (secondary N) is 3. The van der Waals surface area contributed by atoms with E-state index in [0.717, 1.165) is 0 Å². The standard InChI is InChI=1S/C33H43BrF2N8O7/c1-19-15-42(16-20(2)51-19)32(47)25-10-22(34)11-26(44(48)49)29(25)39-24-12-27(43(17-24)31(46)21-9-23(37-3)14-38-13-21)30(45)40-28-5-6-41(7-8-50-4)18-33(28,35)36/h9-11,13-14,19-20,24,27-28,37,39H,5-8,12,15-18H2,1-4H3,(H,40,45)/t19-,20+,24-,27?,28-/m1/s1. The zero-order valence-electron chi connectivity index (χ0n) is 28.9. The van der Waals surface area contributed by atoms with Gasteiger partial charge in [0.1, 0.15) is 11.7 Å². The van der Waals surface area contributed by atoms with E-state index in [1.807, 2.05) is 13.8 Å². The SMILES string of the molecule is CNc1cncc(C(=O)N2C[C@H](Nc3c(C(=O)N4C[C@@H](C)O[C@@H](C)C4)cc(Br)cc3[N+](=O)[O-])CC2C(=O)N[C@@H]2CCN(CCOC)CC2(F)F)c1. The zero-order chi connectivity index (χ0) is 37.0. The van der Waals surface area contributed by atoms with Crippen molar-refractivity contribution in [2.45, 2.75) is 62.9 Å². The third-order valence-corrected chi connectivity index (χ3v) is 9.77. The minimum atomic E-state index is -3.25. The van der Waals surface area contributed by atoms with Crippen molar-refractivity contribution in [2.75, 3.05) is 70.7 Å². The number of ether oxygens (including phenoxy) is 2. The van der Waals surface area contributed by atoms with E-state index in [9.17, 15) is 24.5 Å². The highest BCUT2D eigenvalue weighted by atomic mass is 79.9. The summed E-state index contributed by atoms with van der Waals surface area (Å²) in [6.07, 6.45) is 2.23. The van der Waals surface area contributed by atoms with Crippen LogP contribution in [-0.4, -0.2) is 139 Å². The van der Waals surface area contributed by atoms with Gasteiger partial charge in [-0.3, -0.25) is 34.4 Å². The summed E-state index contributed by atoms with van der Waals surface area (Å²) in [4.78, 5) is 62.0. The maximum absolute atomic E-state index is 15.3. The highest BCUT2D eigenvalue weighted by Crippen LogP contribution is 2.36. The molecule has 3 aliphatic rings. The van der Waals surface area contributed by atoms with Crippen molar-refractivity contribution < 1.29 is 37.6 Å². The molecule has 15 nitrogen and oxygen atoms in total. The second kappa shape index (κ2) is 16.1. The fraction of sp³-hybridized carbons (Fsp3) is 0.576. The van der Waals surface area contributed by atoms with Gasteiger partial charge in [0.2, 0.25) is 5.91 Å². The summed E-state index contributed by atoms with van der Waals surface area (Å²) in [6.45, 7) is 4.44. The Balaban J connectivity index is 1.44. The summed E-state index contributed by atoms with van der Waals surface area (Å²) in [6, 6.07) is 0.829. The minimum absolute atomic E-state index is 0.0196. The number of nitro benzene ring substituents is 1. The highest BCUT2D eigenvalue weighted by molar-refractivity contribution is 9.10. The molecule has 2 aromatic rings. The van der Waals surface area contributed by atoms with Crippen molar-refractivity contribution in [3.05, 3.63) is 56.3 Å². The molecule has 4 heterocycles. The first-order valence-electron chi connectivity index (χ1n) is 16.7. The maximum atomic E-state index is 15.3. The van der Waals surface area contributed by atoms with Gasteiger partial charge in [0, 0.05) is 75.9 Å². The van der Waals surface area contributed by atoms with E-state index in [0.29, 0.717) is 29.9 Å². The number of rotatable bonds is 11. The largest absolute Gasteiger partial charge is 0.387 e. The Hall–Kier alpha value is -4.00. The quantitative estimate of drug-likeness (QED) is 0.226. The number of hydrogen-bond donors (Lipinski definition) is 3. The number of piperidine rings is 1. The first kappa shape index (κ1) is 38.2. The highest BCUT2D eigenvalue weighted by Gasteiger charge is 2.48. The third kappa shape index (κ3) is 8.91. The Bertz CT molecular complexity index is 1630. The average Bonchev–Trinajstić information content (AvgIpc) is 3.51. The zero-order valence-corrected chi connectivity index (χ0v) is 30.5. The Morgan fingerprint density at radius 3 is 2.51 bits per heavy atom. The van der Waals surface area contributed by atoms with Crippen LogP contribution in [0.25, 0.3) is 0 Å². The topological polar surface area (TPSA) is 172 Å². The summed E-state index contributed by atoms with van der Waals surface area (Å²) in [5.74, 6) is -5.07. The van der Waals surface area contributed by atoms with Crippen LogP contribution < -0.4 is 16.0 Å². The van der Waals surface area contributed by atoms with E-state index in [1.54, 1.807) is 22.9 Å². The second-order valence-corrected chi connectivity index (χ2v) is 14.1. The van der Waals surface area contributed by atoms with Crippen LogP contribution in [0.2, 0.25) is 0 Å². The monoisotopic (exact) mass is 780 g/mol. The van der Waals surface area contributed by atoms with Gasteiger partial charge in [0.25, 0.3) is 23.4 Å². The molecule has 3 fully saturated rings. The van der Waals surface area contributed by atoms with Crippen LogP contribution in [0.3, 0.4) is 0 Å². The summed E-state index contributed by atoms with van der Waals surface area (Å²) in [5, 5.41) is 20.9. The summed E-state index contributed by atoms with van der Waals surface area (Å²) in [5.41, 5.74) is 0.244. The van der Waals surface area contributed by atoms with Crippen LogP contribution in [0.1, 0.15) is 47.4 Å². The number of pyridine rings is 1. The number of nitro groups is 1. The molecule has 3 saturated heterocycles. The fourth-order valence-corrected chi connectivity index (χ4v) is 7.36. The van der Waals surface area contributed by atoms with Crippen molar-refractivity contribution in [1.82, 2.24) is 25.0 Å². The van der Waals surface area contributed by atoms with Gasteiger partial charge < -0.3 is 35.2 Å². The molecule has 0 bridgehead atoms. The summed E-state index contributed by atoms with van der Waals surface area (Å²) >= 11 is 3.30.